The molecule has 0 aromatic carbocycles. The fourth-order valence-electron chi connectivity index (χ4n) is 1.17. The summed E-state index contributed by atoms with van der Waals surface area (Å²) in [7, 11) is 0.520. The number of unbranched alkanes of at least 4 members (excludes halogenated alkanes) is 1. The molecule has 3 nitrogen and oxygen atoms in total. The van der Waals surface area contributed by atoms with Crippen LogP contribution >= 0.6 is 19.4 Å². The molecule has 0 heterocycles. The average molecular weight is 242 g/mol. The van der Waals surface area contributed by atoms with Crippen molar-refractivity contribution in [2.75, 3.05) is 14.2 Å². The summed E-state index contributed by atoms with van der Waals surface area (Å²) in [6, 6.07) is 0. The van der Waals surface area contributed by atoms with Gasteiger partial charge in [0.2, 0.25) is 0 Å². The summed E-state index contributed by atoms with van der Waals surface area (Å²) >= 11 is 4.31. The topological polar surface area (TPSA) is 27.7 Å². The molecule has 88 valence electrons. The van der Waals surface area contributed by atoms with Gasteiger partial charge in [-0.05, 0) is 0 Å². The van der Waals surface area contributed by atoms with E-state index in [1.165, 1.54) is 12.8 Å². The van der Waals surface area contributed by atoms with Gasteiger partial charge in [0.15, 0.2) is 0 Å². The summed E-state index contributed by atoms with van der Waals surface area (Å²) in [5.41, 5.74) is 0. The molecule has 14 heavy (non-hydrogen) atoms. The van der Waals surface area contributed by atoms with Gasteiger partial charge in [-0.25, -0.2) is 0 Å². The van der Waals surface area contributed by atoms with Crippen LogP contribution in [-0.2, 0) is 13.6 Å². The molecule has 0 aromatic heterocycles. The third-order valence-corrected chi connectivity index (χ3v) is 5.24. The molecule has 0 aliphatic heterocycles. The van der Waals surface area contributed by atoms with Crippen LogP contribution in [0.15, 0.2) is 0 Å². The monoisotopic (exact) mass is 242 g/mol. The van der Waals surface area contributed by atoms with E-state index < -0.39 is 7.15 Å². The van der Waals surface area contributed by atoms with E-state index in [2.05, 4.69) is 26.1 Å². The molecule has 0 amide bonds. The quantitative estimate of drug-likeness (QED) is 0.520. The average Bonchev–Trinajstić information content (AvgIpc) is 2.23. The van der Waals surface area contributed by atoms with Crippen LogP contribution in [0.2, 0.25) is 0 Å². The van der Waals surface area contributed by atoms with E-state index in [1.807, 2.05) is 0 Å². The Morgan fingerprint density at radius 1 is 1.21 bits per heavy atom. The Morgan fingerprint density at radius 3 is 2.14 bits per heavy atom. The summed E-state index contributed by atoms with van der Waals surface area (Å²) in [5, 5.41) is 0. The predicted octanol–water partition coefficient (Wildman–Crippen LogP) is 3.60. The molecule has 1 unspecified atom stereocenters. The van der Waals surface area contributed by atoms with Gasteiger partial charge in [-0.2, -0.15) is 0 Å². The second-order valence-corrected chi connectivity index (χ2v) is 6.97. The van der Waals surface area contributed by atoms with Gasteiger partial charge in [-0.3, -0.25) is 0 Å². The second kappa shape index (κ2) is 7.89. The Labute approximate surface area is 93.2 Å². The number of thiol groups is 1. The van der Waals surface area contributed by atoms with Crippen molar-refractivity contribution in [2.24, 2.45) is 0 Å². The van der Waals surface area contributed by atoms with Crippen LogP contribution < -0.4 is 0 Å². The third kappa shape index (κ3) is 5.52. The Kier molecular flexibility index (Phi) is 8.26. The Morgan fingerprint density at radius 2 is 1.79 bits per heavy atom. The predicted molar refractivity (Wildman–Crippen MR) is 66.0 cm³/mol. The second-order valence-electron chi connectivity index (χ2n) is 3.22. The SMILES string of the molecule is CCCCC(CC)O[PH](S)(OC)OC. The molecule has 0 radical (unpaired) electrons. The van der Waals surface area contributed by atoms with E-state index in [1.54, 1.807) is 14.2 Å². The first-order valence-electron chi connectivity index (χ1n) is 5.12. The number of hydrogen-bond acceptors (Lipinski definition) is 4. The summed E-state index contributed by atoms with van der Waals surface area (Å²) in [5.74, 6) is 0. The van der Waals surface area contributed by atoms with E-state index in [9.17, 15) is 0 Å². The van der Waals surface area contributed by atoms with Gasteiger partial charge in [-0.1, -0.05) is 0 Å². The van der Waals surface area contributed by atoms with Crippen molar-refractivity contribution in [2.45, 2.75) is 45.6 Å². The van der Waals surface area contributed by atoms with Gasteiger partial charge in [0.1, 0.15) is 0 Å². The zero-order chi connectivity index (χ0) is 11.0. The summed E-state index contributed by atoms with van der Waals surface area (Å²) in [6.07, 6.45) is 4.58. The van der Waals surface area contributed by atoms with Crippen LogP contribution in [0.3, 0.4) is 0 Å². The molecule has 0 aromatic rings. The third-order valence-electron chi connectivity index (χ3n) is 2.17. The number of hydrogen-bond donors (Lipinski definition) is 1. The molecule has 5 heteroatoms. The van der Waals surface area contributed by atoms with E-state index in [4.69, 9.17) is 13.6 Å². The molecule has 0 spiro atoms. The molecule has 0 rings (SSSR count). The van der Waals surface area contributed by atoms with E-state index in [0.717, 1.165) is 12.8 Å². The van der Waals surface area contributed by atoms with Gasteiger partial charge in [-0.15, -0.1) is 0 Å². The van der Waals surface area contributed by atoms with Crippen molar-refractivity contribution in [1.82, 2.24) is 0 Å². The number of rotatable bonds is 8. The zero-order valence-electron chi connectivity index (χ0n) is 9.58. The molecule has 0 bridgehead atoms. The summed E-state index contributed by atoms with van der Waals surface area (Å²) < 4.78 is 16.1. The molecule has 0 fully saturated rings. The molecule has 0 N–H and O–H groups in total. The van der Waals surface area contributed by atoms with Crippen molar-refractivity contribution in [3.63, 3.8) is 0 Å². The van der Waals surface area contributed by atoms with E-state index >= 15 is 0 Å². The summed E-state index contributed by atoms with van der Waals surface area (Å²) in [4.78, 5) is 0. The van der Waals surface area contributed by atoms with Gasteiger partial charge in [0.05, 0.1) is 0 Å². The molecule has 0 saturated heterocycles. The summed E-state index contributed by atoms with van der Waals surface area (Å²) in [6.45, 7) is 4.28. The Hall–Kier alpha value is 0.660. The Balaban J connectivity index is 4.00. The van der Waals surface area contributed by atoms with Gasteiger partial charge in [0, 0.05) is 0 Å². The Bertz CT molecular complexity index is 142. The maximum absolute atomic E-state index is 5.75. The van der Waals surface area contributed by atoms with Gasteiger partial charge < -0.3 is 0 Å². The van der Waals surface area contributed by atoms with Crippen LogP contribution in [0.4, 0.5) is 0 Å². The van der Waals surface area contributed by atoms with Crippen LogP contribution in [-0.4, -0.2) is 20.3 Å². The normalized spacial score (nSPS) is 15.5. The fraction of sp³-hybridized carbons (Fsp3) is 1.00. The van der Waals surface area contributed by atoms with Crippen LogP contribution in [0.5, 0.6) is 0 Å². The van der Waals surface area contributed by atoms with E-state index in [0.29, 0.717) is 0 Å². The minimum atomic E-state index is -2.64. The van der Waals surface area contributed by atoms with Gasteiger partial charge >= 0.3 is 92.8 Å². The van der Waals surface area contributed by atoms with Gasteiger partial charge in [0.25, 0.3) is 0 Å². The zero-order valence-corrected chi connectivity index (χ0v) is 11.5. The molecule has 1 atom stereocenters. The molecule has 0 aliphatic rings. The van der Waals surface area contributed by atoms with Crippen molar-refractivity contribution in [1.29, 1.82) is 0 Å². The van der Waals surface area contributed by atoms with Crippen LogP contribution in [0, 0.1) is 0 Å². The first kappa shape index (κ1) is 14.7. The molecular weight excluding hydrogens is 219 g/mol. The fourth-order valence-corrected chi connectivity index (χ4v) is 2.68. The molecule has 0 saturated carbocycles. The minimum absolute atomic E-state index is 0.207. The maximum atomic E-state index is 5.75. The standard InChI is InChI=1S/C9H23O3PS/c1-5-7-8-9(6-2)12-13(14,10-3)11-4/h9,13-14H,5-8H2,1-4H3. The molecule has 0 aliphatic carbocycles. The van der Waals surface area contributed by atoms with Crippen molar-refractivity contribution < 1.29 is 13.6 Å². The van der Waals surface area contributed by atoms with E-state index in [-0.39, 0.29) is 6.10 Å². The van der Waals surface area contributed by atoms with Crippen molar-refractivity contribution in [3.05, 3.63) is 0 Å². The van der Waals surface area contributed by atoms with Crippen LogP contribution in [0.1, 0.15) is 39.5 Å². The first-order valence-corrected chi connectivity index (χ1v) is 8.13. The molecular formula is C9H23O3PS. The van der Waals surface area contributed by atoms with Crippen LogP contribution in [0.25, 0.3) is 0 Å². The van der Waals surface area contributed by atoms with Crippen molar-refractivity contribution >= 4 is 19.4 Å². The van der Waals surface area contributed by atoms with Crippen molar-refractivity contribution in [3.8, 4) is 0 Å². The first-order chi connectivity index (χ1) is 6.61.